The molecule has 1 saturated heterocycles. The van der Waals surface area contributed by atoms with E-state index in [1.54, 1.807) is 0 Å². The Kier molecular flexibility index (Phi) is 3.89. The number of hydrogen-bond donors (Lipinski definition) is 1. The van der Waals surface area contributed by atoms with Gasteiger partial charge in [-0.1, -0.05) is 33.6 Å². The summed E-state index contributed by atoms with van der Waals surface area (Å²) in [6, 6.07) is 0. The van der Waals surface area contributed by atoms with Gasteiger partial charge in [0, 0.05) is 12.8 Å². The maximum atomic E-state index is 11.3. The van der Waals surface area contributed by atoms with Gasteiger partial charge >= 0.3 is 0 Å². The van der Waals surface area contributed by atoms with Gasteiger partial charge in [0.2, 0.25) is 11.8 Å². The average molecular weight is 211 g/mol. The van der Waals surface area contributed by atoms with Crippen molar-refractivity contribution in [2.45, 2.75) is 52.9 Å². The third-order valence-electron chi connectivity index (χ3n) is 3.02. The standard InChI is InChI=1S/C12H21NO2/c1-9(2)5-4-6-12(3)7-10(14)13-11(15)8-12/h9H,4-8H2,1-3H3,(H,13,14,15). The van der Waals surface area contributed by atoms with Crippen LogP contribution in [0.5, 0.6) is 0 Å². The molecule has 3 heteroatoms. The van der Waals surface area contributed by atoms with Crippen LogP contribution in [0.25, 0.3) is 0 Å². The Morgan fingerprint density at radius 3 is 2.27 bits per heavy atom. The number of nitrogens with one attached hydrogen (secondary N) is 1. The normalized spacial score (nSPS) is 20.5. The second-order valence-corrected chi connectivity index (χ2v) is 5.42. The van der Waals surface area contributed by atoms with Crippen LogP contribution in [-0.2, 0) is 9.59 Å². The fraction of sp³-hybridized carbons (Fsp3) is 0.833. The minimum atomic E-state index is -0.113. The van der Waals surface area contributed by atoms with Crippen molar-refractivity contribution in [1.29, 1.82) is 0 Å². The molecule has 0 aromatic carbocycles. The molecule has 1 heterocycles. The molecule has 0 atom stereocenters. The molecule has 0 unspecified atom stereocenters. The summed E-state index contributed by atoms with van der Waals surface area (Å²) in [4.78, 5) is 22.5. The maximum absolute atomic E-state index is 11.3. The molecule has 0 bridgehead atoms. The van der Waals surface area contributed by atoms with Crippen LogP contribution in [0.4, 0.5) is 0 Å². The number of rotatable bonds is 4. The van der Waals surface area contributed by atoms with E-state index in [1.807, 2.05) is 6.92 Å². The number of carbonyl (C=O) groups excluding carboxylic acids is 2. The van der Waals surface area contributed by atoms with E-state index >= 15 is 0 Å². The lowest BCUT2D eigenvalue weighted by Crippen LogP contribution is -2.43. The van der Waals surface area contributed by atoms with E-state index in [-0.39, 0.29) is 17.2 Å². The van der Waals surface area contributed by atoms with Crippen molar-refractivity contribution < 1.29 is 9.59 Å². The molecule has 0 aliphatic carbocycles. The van der Waals surface area contributed by atoms with E-state index in [9.17, 15) is 9.59 Å². The van der Waals surface area contributed by atoms with Crippen LogP contribution in [0.3, 0.4) is 0 Å². The van der Waals surface area contributed by atoms with Crippen LogP contribution in [0.15, 0.2) is 0 Å². The molecule has 3 nitrogen and oxygen atoms in total. The second kappa shape index (κ2) is 4.77. The molecule has 15 heavy (non-hydrogen) atoms. The summed E-state index contributed by atoms with van der Waals surface area (Å²) >= 11 is 0. The fourth-order valence-corrected chi connectivity index (χ4v) is 2.20. The Morgan fingerprint density at radius 1 is 1.27 bits per heavy atom. The van der Waals surface area contributed by atoms with Crippen LogP contribution in [-0.4, -0.2) is 11.8 Å². The maximum Gasteiger partial charge on any atom is 0.227 e. The number of hydrogen-bond acceptors (Lipinski definition) is 2. The number of amides is 2. The van der Waals surface area contributed by atoms with Gasteiger partial charge in [-0.3, -0.25) is 14.9 Å². The smallest absolute Gasteiger partial charge is 0.227 e. The van der Waals surface area contributed by atoms with E-state index in [2.05, 4.69) is 19.2 Å². The minimum Gasteiger partial charge on any atom is -0.296 e. The Morgan fingerprint density at radius 2 is 1.80 bits per heavy atom. The Balaban J connectivity index is 2.43. The summed E-state index contributed by atoms with van der Waals surface area (Å²) in [7, 11) is 0. The van der Waals surface area contributed by atoms with E-state index in [0.717, 1.165) is 12.8 Å². The van der Waals surface area contributed by atoms with Crippen LogP contribution in [0.2, 0.25) is 0 Å². The van der Waals surface area contributed by atoms with Gasteiger partial charge in [-0.2, -0.15) is 0 Å². The third-order valence-corrected chi connectivity index (χ3v) is 3.02. The zero-order valence-electron chi connectivity index (χ0n) is 9.93. The molecular weight excluding hydrogens is 190 g/mol. The number of piperidine rings is 1. The third kappa shape index (κ3) is 4.02. The van der Waals surface area contributed by atoms with Crippen LogP contribution in [0, 0.1) is 11.3 Å². The molecule has 0 radical (unpaired) electrons. The van der Waals surface area contributed by atoms with Gasteiger partial charge in [0.15, 0.2) is 0 Å². The quantitative estimate of drug-likeness (QED) is 0.725. The highest BCUT2D eigenvalue weighted by atomic mass is 16.2. The Bertz CT molecular complexity index is 242. The van der Waals surface area contributed by atoms with Crippen molar-refractivity contribution >= 4 is 11.8 Å². The highest BCUT2D eigenvalue weighted by molar-refractivity contribution is 5.98. The second-order valence-electron chi connectivity index (χ2n) is 5.42. The zero-order valence-corrected chi connectivity index (χ0v) is 9.93. The molecular formula is C12H21NO2. The molecule has 2 amide bonds. The summed E-state index contributed by atoms with van der Waals surface area (Å²) < 4.78 is 0. The van der Waals surface area contributed by atoms with Crippen LogP contribution >= 0.6 is 0 Å². The largest absolute Gasteiger partial charge is 0.296 e. The monoisotopic (exact) mass is 211 g/mol. The first-order valence-electron chi connectivity index (χ1n) is 5.74. The van der Waals surface area contributed by atoms with Gasteiger partial charge in [0.05, 0.1) is 0 Å². The van der Waals surface area contributed by atoms with Gasteiger partial charge < -0.3 is 0 Å². The van der Waals surface area contributed by atoms with Gasteiger partial charge in [-0.15, -0.1) is 0 Å². The van der Waals surface area contributed by atoms with Crippen LogP contribution < -0.4 is 5.32 Å². The van der Waals surface area contributed by atoms with Crippen molar-refractivity contribution in [2.75, 3.05) is 0 Å². The first-order chi connectivity index (χ1) is 6.91. The first-order valence-corrected chi connectivity index (χ1v) is 5.74. The lowest BCUT2D eigenvalue weighted by Gasteiger charge is -2.32. The molecule has 1 rings (SSSR count). The average Bonchev–Trinajstić information content (AvgIpc) is 1.98. The lowest BCUT2D eigenvalue weighted by atomic mass is 9.76. The lowest BCUT2D eigenvalue weighted by molar-refractivity contribution is -0.137. The Labute approximate surface area is 91.6 Å². The van der Waals surface area contributed by atoms with Crippen molar-refractivity contribution in [2.24, 2.45) is 11.3 Å². The number of imide groups is 1. The summed E-state index contributed by atoms with van der Waals surface area (Å²) in [6.07, 6.45) is 4.25. The SMILES string of the molecule is CC(C)CCCC1(C)CC(=O)NC(=O)C1. The van der Waals surface area contributed by atoms with Gasteiger partial charge in [0.1, 0.15) is 0 Å². The fourth-order valence-electron chi connectivity index (χ4n) is 2.20. The van der Waals surface area contributed by atoms with Crippen molar-refractivity contribution in [1.82, 2.24) is 5.32 Å². The molecule has 1 aliphatic rings. The molecule has 1 N–H and O–H groups in total. The summed E-state index contributed by atoms with van der Waals surface area (Å²) in [5, 5.41) is 2.36. The van der Waals surface area contributed by atoms with Crippen molar-refractivity contribution in [3.05, 3.63) is 0 Å². The minimum absolute atomic E-state index is 0.103. The van der Waals surface area contributed by atoms with Crippen LogP contribution in [0.1, 0.15) is 52.9 Å². The van der Waals surface area contributed by atoms with Gasteiger partial charge in [0.25, 0.3) is 0 Å². The molecule has 0 aromatic heterocycles. The van der Waals surface area contributed by atoms with E-state index in [4.69, 9.17) is 0 Å². The topological polar surface area (TPSA) is 46.2 Å². The highest BCUT2D eigenvalue weighted by Gasteiger charge is 2.34. The Hall–Kier alpha value is -0.860. The predicted octanol–water partition coefficient (Wildman–Crippen LogP) is 2.26. The molecule has 86 valence electrons. The zero-order chi connectivity index (χ0) is 11.5. The molecule has 1 aliphatic heterocycles. The molecule has 0 spiro atoms. The van der Waals surface area contributed by atoms with E-state index in [0.29, 0.717) is 18.8 Å². The van der Waals surface area contributed by atoms with Gasteiger partial charge in [-0.05, 0) is 17.8 Å². The van der Waals surface area contributed by atoms with E-state index < -0.39 is 0 Å². The van der Waals surface area contributed by atoms with E-state index in [1.165, 1.54) is 6.42 Å². The highest BCUT2D eigenvalue weighted by Crippen LogP contribution is 2.34. The molecule has 0 aromatic rings. The first kappa shape index (κ1) is 12.2. The summed E-state index contributed by atoms with van der Waals surface area (Å²) in [5.74, 6) is 0.471. The summed E-state index contributed by atoms with van der Waals surface area (Å²) in [6.45, 7) is 6.44. The van der Waals surface area contributed by atoms with Gasteiger partial charge in [-0.25, -0.2) is 0 Å². The summed E-state index contributed by atoms with van der Waals surface area (Å²) in [5.41, 5.74) is -0.103. The molecule has 1 fully saturated rings. The van der Waals surface area contributed by atoms with Crippen molar-refractivity contribution in [3.8, 4) is 0 Å². The van der Waals surface area contributed by atoms with Crippen molar-refractivity contribution in [3.63, 3.8) is 0 Å². The molecule has 0 saturated carbocycles. The number of carbonyl (C=O) groups is 2. The predicted molar refractivity (Wildman–Crippen MR) is 59.2 cm³/mol.